The average molecular weight is 189 g/mol. The lowest BCUT2D eigenvalue weighted by Gasteiger charge is -1.92. The summed E-state index contributed by atoms with van der Waals surface area (Å²) in [7, 11) is 0. The van der Waals surface area contributed by atoms with Crippen LogP contribution in [0, 0.1) is 0 Å². The molecule has 1 N–H and O–H groups in total. The topological polar surface area (TPSA) is 24.9 Å². The summed E-state index contributed by atoms with van der Waals surface area (Å²) in [6.07, 6.45) is 4.14. The molecule has 0 amide bonds. The summed E-state index contributed by atoms with van der Waals surface area (Å²) < 4.78 is 0. The number of thiazole rings is 1. The van der Waals surface area contributed by atoms with Crippen LogP contribution in [-0.4, -0.2) is 18.1 Å². The molecule has 60 valence electrons. The van der Waals surface area contributed by atoms with Gasteiger partial charge in [0.15, 0.2) is 0 Å². The second-order valence-corrected chi connectivity index (χ2v) is 3.11. The van der Waals surface area contributed by atoms with Gasteiger partial charge in [-0.3, -0.25) is 4.98 Å². The van der Waals surface area contributed by atoms with E-state index in [2.05, 4.69) is 16.4 Å². The third-order valence-corrected chi connectivity index (χ3v) is 2.41. The molecule has 0 saturated heterocycles. The summed E-state index contributed by atoms with van der Waals surface area (Å²) in [5.41, 5.74) is 3.26. The Hall–Kier alpha value is -0.380. The molecule has 1 aromatic heterocycles. The van der Waals surface area contributed by atoms with Gasteiger partial charge in [-0.05, 0) is 5.57 Å². The largest absolute Gasteiger partial charge is 0.309 e. The summed E-state index contributed by atoms with van der Waals surface area (Å²) in [6.45, 7) is 2.01. The fraction of sp³-hybridized carbons (Fsp3) is 0.286. The summed E-state index contributed by atoms with van der Waals surface area (Å²) >= 11 is 1.70. The number of rotatable bonds is 1. The van der Waals surface area contributed by atoms with Gasteiger partial charge in [0.25, 0.3) is 0 Å². The Kier molecular flexibility index (Phi) is 3.05. The van der Waals surface area contributed by atoms with Gasteiger partial charge in [0.1, 0.15) is 0 Å². The smallest absolute Gasteiger partial charge is 0.0797 e. The van der Waals surface area contributed by atoms with Crippen LogP contribution in [0.3, 0.4) is 0 Å². The SMILES string of the molecule is C1=C(c2cncs2)CNC1.Cl. The monoisotopic (exact) mass is 188 g/mol. The number of hydrogen-bond acceptors (Lipinski definition) is 3. The molecule has 0 radical (unpaired) electrons. The van der Waals surface area contributed by atoms with E-state index in [1.165, 1.54) is 10.5 Å². The van der Waals surface area contributed by atoms with Crippen LogP contribution < -0.4 is 5.32 Å². The van der Waals surface area contributed by atoms with Gasteiger partial charge in [-0.25, -0.2) is 0 Å². The molecule has 2 nitrogen and oxygen atoms in total. The lowest BCUT2D eigenvalue weighted by molar-refractivity contribution is 0.898. The number of nitrogens with one attached hydrogen (secondary N) is 1. The Morgan fingerprint density at radius 2 is 2.45 bits per heavy atom. The Labute approximate surface area is 75.8 Å². The van der Waals surface area contributed by atoms with Crippen molar-refractivity contribution in [1.29, 1.82) is 0 Å². The van der Waals surface area contributed by atoms with Gasteiger partial charge in [-0.1, -0.05) is 6.08 Å². The molecular weight excluding hydrogens is 180 g/mol. The van der Waals surface area contributed by atoms with Crippen molar-refractivity contribution in [2.24, 2.45) is 0 Å². The van der Waals surface area contributed by atoms with Gasteiger partial charge >= 0.3 is 0 Å². The third-order valence-electron chi connectivity index (χ3n) is 1.56. The number of hydrogen-bond donors (Lipinski definition) is 1. The molecule has 0 saturated carbocycles. The van der Waals surface area contributed by atoms with E-state index in [0.717, 1.165) is 13.1 Å². The van der Waals surface area contributed by atoms with Crippen LogP contribution in [0.25, 0.3) is 5.57 Å². The van der Waals surface area contributed by atoms with Crippen molar-refractivity contribution in [2.75, 3.05) is 13.1 Å². The van der Waals surface area contributed by atoms with Gasteiger partial charge in [0.05, 0.1) is 10.4 Å². The zero-order chi connectivity index (χ0) is 6.81. The fourth-order valence-corrected chi connectivity index (χ4v) is 1.70. The highest BCUT2D eigenvalue weighted by molar-refractivity contribution is 7.10. The number of halogens is 1. The van der Waals surface area contributed by atoms with Gasteiger partial charge in [0.2, 0.25) is 0 Å². The molecule has 1 aliphatic heterocycles. The molecule has 0 aromatic carbocycles. The van der Waals surface area contributed by atoms with Crippen molar-refractivity contribution in [3.63, 3.8) is 0 Å². The quantitative estimate of drug-likeness (QED) is 0.724. The highest BCUT2D eigenvalue weighted by Crippen LogP contribution is 2.19. The Morgan fingerprint density at radius 1 is 1.55 bits per heavy atom. The molecule has 0 atom stereocenters. The first-order valence-corrected chi connectivity index (χ1v) is 4.13. The van der Waals surface area contributed by atoms with Gasteiger partial charge in [-0.2, -0.15) is 0 Å². The van der Waals surface area contributed by atoms with Crippen LogP contribution in [0.1, 0.15) is 4.88 Å². The minimum atomic E-state index is 0. The molecule has 4 heteroatoms. The van der Waals surface area contributed by atoms with Crippen LogP contribution in [0.2, 0.25) is 0 Å². The lowest BCUT2D eigenvalue weighted by Crippen LogP contribution is -2.07. The van der Waals surface area contributed by atoms with Crippen LogP contribution in [0.15, 0.2) is 17.8 Å². The molecule has 2 rings (SSSR count). The van der Waals surface area contributed by atoms with Crippen LogP contribution in [0.5, 0.6) is 0 Å². The number of aromatic nitrogens is 1. The van der Waals surface area contributed by atoms with E-state index in [1.54, 1.807) is 11.3 Å². The van der Waals surface area contributed by atoms with Crippen molar-refractivity contribution >= 4 is 29.3 Å². The van der Waals surface area contributed by atoms with Crippen LogP contribution in [-0.2, 0) is 0 Å². The predicted molar refractivity (Wildman–Crippen MR) is 50.2 cm³/mol. The summed E-state index contributed by atoms with van der Waals surface area (Å²) in [4.78, 5) is 5.31. The molecule has 2 heterocycles. The fourth-order valence-electron chi connectivity index (χ4n) is 1.04. The summed E-state index contributed by atoms with van der Waals surface area (Å²) in [6, 6.07) is 0. The van der Waals surface area contributed by atoms with Crippen molar-refractivity contribution in [3.8, 4) is 0 Å². The summed E-state index contributed by atoms with van der Waals surface area (Å²) in [5, 5.41) is 3.25. The third kappa shape index (κ3) is 1.80. The maximum Gasteiger partial charge on any atom is 0.0797 e. The Bertz CT molecular complexity index is 243. The van der Waals surface area contributed by atoms with E-state index >= 15 is 0 Å². The molecule has 0 bridgehead atoms. The average Bonchev–Trinajstić information content (AvgIpc) is 2.59. The first-order chi connectivity index (χ1) is 4.97. The number of nitrogens with zero attached hydrogens (tertiary/aromatic N) is 1. The highest BCUT2D eigenvalue weighted by atomic mass is 35.5. The standard InChI is InChI=1S/C7H8N2S.ClH/c1-2-8-3-6(1)7-4-9-5-10-7;/h1,4-5,8H,2-3H2;1H. The molecular formula is C7H9ClN2S. The van der Waals surface area contributed by atoms with Gasteiger partial charge in [0, 0.05) is 19.3 Å². The van der Waals surface area contributed by atoms with E-state index in [9.17, 15) is 0 Å². The lowest BCUT2D eigenvalue weighted by atomic mass is 10.2. The highest BCUT2D eigenvalue weighted by Gasteiger charge is 2.06. The predicted octanol–water partition coefficient (Wildman–Crippen LogP) is 1.55. The first-order valence-electron chi connectivity index (χ1n) is 3.25. The molecule has 11 heavy (non-hydrogen) atoms. The van der Waals surface area contributed by atoms with Crippen molar-refractivity contribution in [2.45, 2.75) is 0 Å². The van der Waals surface area contributed by atoms with Crippen molar-refractivity contribution in [3.05, 3.63) is 22.7 Å². The van der Waals surface area contributed by atoms with Crippen molar-refractivity contribution in [1.82, 2.24) is 10.3 Å². The van der Waals surface area contributed by atoms with Gasteiger partial charge in [-0.15, -0.1) is 23.7 Å². The maximum atomic E-state index is 4.02. The molecule has 1 aromatic rings. The minimum absolute atomic E-state index is 0. The minimum Gasteiger partial charge on any atom is -0.309 e. The van der Waals surface area contributed by atoms with E-state index in [0.29, 0.717) is 0 Å². The first kappa shape index (κ1) is 8.71. The second kappa shape index (κ2) is 3.85. The molecule has 0 aliphatic carbocycles. The van der Waals surface area contributed by atoms with E-state index in [-0.39, 0.29) is 12.4 Å². The summed E-state index contributed by atoms with van der Waals surface area (Å²) in [5.74, 6) is 0. The zero-order valence-electron chi connectivity index (χ0n) is 5.91. The van der Waals surface area contributed by atoms with Crippen LogP contribution in [0.4, 0.5) is 0 Å². The molecule has 1 aliphatic rings. The van der Waals surface area contributed by atoms with E-state index in [1.807, 2.05) is 11.7 Å². The Morgan fingerprint density at radius 3 is 3.00 bits per heavy atom. The second-order valence-electron chi connectivity index (χ2n) is 2.23. The van der Waals surface area contributed by atoms with E-state index < -0.39 is 0 Å². The normalized spacial score (nSPS) is 15.8. The zero-order valence-corrected chi connectivity index (χ0v) is 7.54. The Balaban J connectivity index is 0.000000605. The van der Waals surface area contributed by atoms with E-state index in [4.69, 9.17) is 0 Å². The van der Waals surface area contributed by atoms with Gasteiger partial charge < -0.3 is 5.32 Å². The molecule has 0 fully saturated rings. The maximum absolute atomic E-state index is 4.02. The molecule has 0 unspecified atom stereocenters. The molecule has 0 spiro atoms. The van der Waals surface area contributed by atoms with Crippen molar-refractivity contribution < 1.29 is 0 Å². The van der Waals surface area contributed by atoms with Crippen LogP contribution >= 0.6 is 23.7 Å².